The van der Waals surface area contributed by atoms with Gasteiger partial charge in [0, 0.05) is 19.1 Å². The highest BCUT2D eigenvalue weighted by Crippen LogP contribution is 2.24. The van der Waals surface area contributed by atoms with Crippen LogP contribution >= 0.6 is 0 Å². The Labute approximate surface area is 113 Å². The van der Waals surface area contributed by atoms with E-state index in [1.54, 1.807) is 4.90 Å². The van der Waals surface area contributed by atoms with Crippen LogP contribution in [-0.4, -0.2) is 52.6 Å². The minimum atomic E-state index is -0.989. The molecule has 0 saturated heterocycles. The molecular weight excluding hydrogens is 246 g/mol. The van der Waals surface area contributed by atoms with E-state index in [4.69, 9.17) is 10.4 Å². The molecule has 6 nitrogen and oxygen atoms in total. The van der Waals surface area contributed by atoms with Gasteiger partial charge in [0.15, 0.2) is 0 Å². The predicted molar refractivity (Wildman–Crippen MR) is 69.5 cm³/mol. The monoisotopic (exact) mass is 267 g/mol. The van der Waals surface area contributed by atoms with E-state index in [-0.39, 0.29) is 25.0 Å². The van der Waals surface area contributed by atoms with Crippen LogP contribution in [0.1, 0.15) is 39.0 Å². The Morgan fingerprint density at radius 1 is 1.37 bits per heavy atom. The first-order chi connectivity index (χ1) is 9.10. The average Bonchev–Trinajstić information content (AvgIpc) is 2.90. The lowest BCUT2D eigenvalue weighted by Crippen LogP contribution is -2.49. The number of amides is 2. The van der Waals surface area contributed by atoms with Crippen molar-refractivity contribution in [1.82, 2.24) is 9.80 Å². The van der Waals surface area contributed by atoms with Gasteiger partial charge in [-0.3, -0.25) is 4.79 Å². The molecule has 0 bridgehead atoms. The summed E-state index contributed by atoms with van der Waals surface area (Å²) in [6, 6.07) is 1.78. The maximum absolute atomic E-state index is 12.4. The molecule has 0 atom stereocenters. The van der Waals surface area contributed by atoms with Crippen LogP contribution in [0.25, 0.3) is 0 Å². The summed E-state index contributed by atoms with van der Waals surface area (Å²) < 4.78 is 0. The Balaban J connectivity index is 2.73. The zero-order valence-corrected chi connectivity index (χ0v) is 11.3. The molecule has 19 heavy (non-hydrogen) atoms. The highest BCUT2D eigenvalue weighted by Gasteiger charge is 2.30. The Bertz CT molecular complexity index is 359. The van der Waals surface area contributed by atoms with Crippen molar-refractivity contribution in [2.45, 2.75) is 45.1 Å². The van der Waals surface area contributed by atoms with Crippen molar-refractivity contribution < 1.29 is 14.7 Å². The minimum absolute atomic E-state index is 0.0275. The van der Waals surface area contributed by atoms with Crippen LogP contribution in [0.4, 0.5) is 4.79 Å². The number of nitriles is 1. The fourth-order valence-electron chi connectivity index (χ4n) is 2.47. The molecular formula is C13H21N3O3. The van der Waals surface area contributed by atoms with Gasteiger partial charge >= 0.3 is 12.0 Å². The summed E-state index contributed by atoms with van der Waals surface area (Å²) in [7, 11) is 0. The van der Waals surface area contributed by atoms with E-state index in [1.165, 1.54) is 4.90 Å². The van der Waals surface area contributed by atoms with Gasteiger partial charge in [0.2, 0.25) is 0 Å². The quantitative estimate of drug-likeness (QED) is 0.793. The number of hydrogen-bond donors (Lipinski definition) is 1. The van der Waals surface area contributed by atoms with Gasteiger partial charge in [-0.1, -0.05) is 12.8 Å². The molecule has 2 amide bonds. The Hall–Kier alpha value is -1.77. The van der Waals surface area contributed by atoms with E-state index < -0.39 is 5.97 Å². The number of carbonyl (C=O) groups is 2. The zero-order valence-electron chi connectivity index (χ0n) is 11.3. The highest BCUT2D eigenvalue weighted by molar-refractivity contribution is 5.80. The van der Waals surface area contributed by atoms with Crippen molar-refractivity contribution in [3.05, 3.63) is 0 Å². The standard InChI is InChI=1S/C13H21N3O3/c1-2-15(9-5-8-14)13(19)16(10-12(17)18)11-6-3-4-7-11/h11H,2-7,9-10H2,1H3,(H,17,18). The molecule has 0 aromatic heterocycles. The van der Waals surface area contributed by atoms with Crippen LogP contribution in [0, 0.1) is 11.3 Å². The van der Waals surface area contributed by atoms with E-state index in [2.05, 4.69) is 0 Å². The van der Waals surface area contributed by atoms with E-state index >= 15 is 0 Å². The number of urea groups is 1. The zero-order chi connectivity index (χ0) is 14.3. The van der Waals surface area contributed by atoms with Gasteiger partial charge in [-0.2, -0.15) is 5.26 Å². The highest BCUT2D eigenvalue weighted by atomic mass is 16.4. The minimum Gasteiger partial charge on any atom is -0.480 e. The fourth-order valence-corrected chi connectivity index (χ4v) is 2.47. The normalized spacial score (nSPS) is 14.9. The Morgan fingerprint density at radius 2 is 2.00 bits per heavy atom. The molecule has 6 heteroatoms. The van der Waals surface area contributed by atoms with Crippen molar-refractivity contribution in [2.75, 3.05) is 19.6 Å². The van der Waals surface area contributed by atoms with Gasteiger partial charge in [-0.05, 0) is 19.8 Å². The molecule has 0 aromatic carbocycles. The topological polar surface area (TPSA) is 84.6 Å². The van der Waals surface area contributed by atoms with Crippen LogP contribution in [0.15, 0.2) is 0 Å². The first-order valence-electron chi connectivity index (χ1n) is 6.74. The summed E-state index contributed by atoms with van der Waals surface area (Å²) in [6.45, 7) is 2.42. The van der Waals surface area contributed by atoms with Crippen LogP contribution in [0.2, 0.25) is 0 Å². The van der Waals surface area contributed by atoms with Crippen LogP contribution < -0.4 is 0 Å². The molecule has 0 spiro atoms. The van der Waals surface area contributed by atoms with Crippen LogP contribution in [0.3, 0.4) is 0 Å². The van der Waals surface area contributed by atoms with Gasteiger partial charge in [0.1, 0.15) is 6.54 Å². The Morgan fingerprint density at radius 3 is 2.47 bits per heavy atom. The van der Waals surface area contributed by atoms with Crippen molar-refractivity contribution in [1.29, 1.82) is 5.26 Å². The molecule has 1 saturated carbocycles. The third kappa shape index (κ3) is 4.43. The van der Waals surface area contributed by atoms with E-state index in [0.717, 1.165) is 25.7 Å². The summed E-state index contributed by atoms with van der Waals surface area (Å²) in [5.41, 5.74) is 0. The molecule has 1 N–H and O–H groups in total. The smallest absolute Gasteiger partial charge is 0.323 e. The maximum Gasteiger partial charge on any atom is 0.323 e. The SMILES string of the molecule is CCN(CCC#N)C(=O)N(CC(=O)O)C1CCCC1. The second kappa shape index (κ2) is 7.62. The number of rotatable bonds is 6. The summed E-state index contributed by atoms with van der Waals surface area (Å²) in [6.07, 6.45) is 4.09. The summed E-state index contributed by atoms with van der Waals surface area (Å²) in [4.78, 5) is 26.3. The molecule has 1 rings (SSSR count). The molecule has 106 valence electrons. The molecule has 1 fully saturated rings. The predicted octanol–water partition coefficient (Wildman–Crippen LogP) is 1.67. The van der Waals surface area contributed by atoms with E-state index in [0.29, 0.717) is 13.1 Å². The molecule has 1 aliphatic carbocycles. The van der Waals surface area contributed by atoms with Gasteiger partial charge in [-0.15, -0.1) is 0 Å². The second-order valence-electron chi connectivity index (χ2n) is 4.73. The van der Waals surface area contributed by atoms with E-state index in [9.17, 15) is 9.59 Å². The number of carboxylic acid groups (broad SMARTS) is 1. The van der Waals surface area contributed by atoms with Gasteiger partial charge < -0.3 is 14.9 Å². The maximum atomic E-state index is 12.4. The lowest BCUT2D eigenvalue weighted by atomic mass is 10.2. The number of hydrogen-bond acceptors (Lipinski definition) is 3. The van der Waals surface area contributed by atoms with Crippen LogP contribution in [-0.2, 0) is 4.79 Å². The number of aliphatic carboxylic acids is 1. The second-order valence-corrected chi connectivity index (χ2v) is 4.73. The molecule has 0 radical (unpaired) electrons. The number of nitrogens with zero attached hydrogens (tertiary/aromatic N) is 3. The number of carbonyl (C=O) groups excluding carboxylic acids is 1. The van der Waals surface area contributed by atoms with Crippen LogP contribution in [0.5, 0.6) is 0 Å². The fraction of sp³-hybridized carbons (Fsp3) is 0.769. The van der Waals surface area contributed by atoms with Crippen molar-refractivity contribution in [3.8, 4) is 6.07 Å². The molecule has 0 unspecified atom stereocenters. The van der Waals surface area contributed by atoms with Gasteiger partial charge in [-0.25, -0.2) is 4.79 Å². The first kappa shape index (κ1) is 15.3. The summed E-state index contributed by atoms with van der Waals surface area (Å²) in [5.74, 6) is -0.989. The summed E-state index contributed by atoms with van der Waals surface area (Å²) in [5, 5.41) is 17.6. The molecule has 0 aliphatic heterocycles. The molecule has 0 heterocycles. The van der Waals surface area contributed by atoms with Crippen molar-refractivity contribution in [2.24, 2.45) is 0 Å². The third-order valence-corrected chi connectivity index (χ3v) is 3.46. The van der Waals surface area contributed by atoms with Gasteiger partial charge in [0.05, 0.1) is 12.5 Å². The van der Waals surface area contributed by atoms with Crippen molar-refractivity contribution in [3.63, 3.8) is 0 Å². The summed E-state index contributed by atoms with van der Waals surface area (Å²) >= 11 is 0. The Kier molecular flexibility index (Phi) is 6.13. The lowest BCUT2D eigenvalue weighted by Gasteiger charge is -2.32. The number of carboxylic acids is 1. The van der Waals surface area contributed by atoms with Gasteiger partial charge in [0.25, 0.3) is 0 Å². The molecule has 1 aliphatic rings. The van der Waals surface area contributed by atoms with E-state index in [1.807, 2.05) is 13.0 Å². The van der Waals surface area contributed by atoms with Crippen molar-refractivity contribution >= 4 is 12.0 Å². The molecule has 0 aromatic rings. The largest absolute Gasteiger partial charge is 0.480 e. The average molecular weight is 267 g/mol. The third-order valence-electron chi connectivity index (χ3n) is 3.46. The first-order valence-corrected chi connectivity index (χ1v) is 6.74. The lowest BCUT2D eigenvalue weighted by molar-refractivity contribution is -0.138.